The van der Waals surface area contributed by atoms with Gasteiger partial charge in [-0.1, -0.05) is 84.9 Å². The minimum Gasteiger partial charge on any atom is -0.356 e. The van der Waals surface area contributed by atoms with Crippen molar-refractivity contribution in [2.45, 2.75) is 31.3 Å². The largest absolute Gasteiger partial charge is 0.356 e. The van der Waals surface area contributed by atoms with Crippen molar-refractivity contribution in [3.8, 4) is 11.1 Å². The van der Waals surface area contributed by atoms with Crippen molar-refractivity contribution in [2.75, 3.05) is 13.7 Å². The number of benzene rings is 4. The minimum absolute atomic E-state index is 0.316. The Kier molecular flexibility index (Phi) is 6.13. The van der Waals surface area contributed by atoms with Crippen LogP contribution in [0.5, 0.6) is 0 Å². The summed E-state index contributed by atoms with van der Waals surface area (Å²) in [7, 11) is 1.71. The molecule has 4 aromatic carbocycles. The van der Waals surface area contributed by atoms with E-state index in [1.54, 1.807) is 7.11 Å². The molecule has 0 radical (unpaired) electrons. The molecule has 35 heavy (non-hydrogen) atoms. The number of fused-ring (bicyclic) bond motifs is 3. The van der Waals surface area contributed by atoms with E-state index in [0.717, 1.165) is 18.4 Å². The summed E-state index contributed by atoms with van der Waals surface area (Å²) in [5.74, 6) is -0.929. The lowest BCUT2D eigenvalue weighted by molar-refractivity contribution is -0.299. The Bertz CT molecular complexity index is 1440. The van der Waals surface area contributed by atoms with Crippen LogP contribution in [0.4, 0.5) is 0 Å². The Labute approximate surface area is 209 Å². The lowest BCUT2D eigenvalue weighted by Gasteiger charge is -2.35. The molecule has 2 heterocycles. The van der Waals surface area contributed by atoms with E-state index in [1.807, 2.05) is 29.5 Å². The van der Waals surface area contributed by atoms with Crippen LogP contribution in [0, 0.1) is 0 Å². The quantitative estimate of drug-likeness (QED) is 0.256. The van der Waals surface area contributed by atoms with Gasteiger partial charge in [0.15, 0.2) is 6.29 Å². The lowest BCUT2D eigenvalue weighted by atomic mass is 9.88. The number of hydrogen-bond donors (Lipinski definition) is 0. The summed E-state index contributed by atoms with van der Waals surface area (Å²) >= 11 is 1.85. The smallest absolute Gasteiger partial charge is 0.201 e. The fourth-order valence-corrected chi connectivity index (χ4v) is 6.30. The highest BCUT2D eigenvalue weighted by Crippen LogP contribution is 2.45. The van der Waals surface area contributed by atoms with E-state index >= 15 is 0 Å². The monoisotopic (exact) mass is 480 g/mol. The van der Waals surface area contributed by atoms with Gasteiger partial charge in [0, 0.05) is 45.7 Å². The molecule has 1 fully saturated rings. The number of methoxy groups -OCH3 is 1. The summed E-state index contributed by atoms with van der Waals surface area (Å²) < 4.78 is 21.6. The molecule has 176 valence electrons. The van der Waals surface area contributed by atoms with Gasteiger partial charge in [0.1, 0.15) is 0 Å². The Balaban J connectivity index is 1.59. The maximum Gasteiger partial charge on any atom is 0.201 e. The fourth-order valence-electron chi connectivity index (χ4n) is 5.19. The van der Waals surface area contributed by atoms with Crippen LogP contribution >= 0.6 is 11.3 Å². The first-order valence-electron chi connectivity index (χ1n) is 12.2. The zero-order valence-electron chi connectivity index (χ0n) is 19.8. The Morgan fingerprint density at radius 3 is 2.40 bits per heavy atom. The van der Waals surface area contributed by atoms with E-state index in [4.69, 9.17) is 14.2 Å². The molecule has 1 aromatic heterocycles. The van der Waals surface area contributed by atoms with Crippen LogP contribution < -0.4 is 0 Å². The van der Waals surface area contributed by atoms with E-state index in [-0.39, 0.29) is 6.29 Å². The molecule has 0 N–H and O–H groups in total. The summed E-state index contributed by atoms with van der Waals surface area (Å²) in [6.45, 7) is 0.624. The topological polar surface area (TPSA) is 27.7 Å². The van der Waals surface area contributed by atoms with E-state index in [0.29, 0.717) is 13.0 Å². The van der Waals surface area contributed by atoms with Gasteiger partial charge in [-0.3, -0.25) is 0 Å². The van der Waals surface area contributed by atoms with Crippen LogP contribution in [0.1, 0.15) is 24.0 Å². The SMILES string of the molecule is COC1CCCOC(Cc2ccc3sc4ccccc4c3c2-c2ccccc2)(c2ccccc2)O1. The Morgan fingerprint density at radius 2 is 1.60 bits per heavy atom. The molecular weight excluding hydrogens is 452 g/mol. The van der Waals surface area contributed by atoms with Crippen molar-refractivity contribution in [1.29, 1.82) is 0 Å². The second-order valence-corrected chi connectivity index (χ2v) is 10.1. The van der Waals surface area contributed by atoms with Crippen molar-refractivity contribution in [2.24, 2.45) is 0 Å². The number of thiophene rings is 1. The van der Waals surface area contributed by atoms with Crippen molar-refractivity contribution < 1.29 is 14.2 Å². The molecule has 3 nitrogen and oxygen atoms in total. The molecule has 0 amide bonds. The van der Waals surface area contributed by atoms with Gasteiger partial charge >= 0.3 is 0 Å². The average Bonchev–Trinajstić information content (AvgIpc) is 3.16. The highest BCUT2D eigenvalue weighted by Gasteiger charge is 2.40. The van der Waals surface area contributed by atoms with E-state index in [2.05, 4.69) is 78.9 Å². The zero-order chi connectivity index (χ0) is 23.7. The van der Waals surface area contributed by atoms with E-state index in [1.165, 1.54) is 36.9 Å². The second-order valence-electron chi connectivity index (χ2n) is 9.01. The fraction of sp³-hybridized carbons (Fsp3) is 0.226. The lowest BCUT2D eigenvalue weighted by Crippen LogP contribution is -2.38. The predicted molar refractivity (Wildman–Crippen MR) is 144 cm³/mol. The molecule has 0 bridgehead atoms. The summed E-state index contributed by atoms with van der Waals surface area (Å²) in [4.78, 5) is 0. The number of rotatable bonds is 5. The third-order valence-corrected chi connectivity index (χ3v) is 7.97. The molecular formula is C31H28O3S. The van der Waals surface area contributed by atoms with Crippen molar-refractivity contribution in [3.63, 3.8) is 0 Å². The molecule has 2 unspecified atom stereocenters. The standard InChI is InChI=1S/C31H28O3S/c1-32-28-17-10-20-33-31(34-28,24-13-6-3-7-14-24)21-23-18-19-27-30(25-15-8-9-16-26(25)35-27)29(23)22-11-4-2-5-12-22/h2-9,11-16,18-19,28H,10,17,20-21H2,1H3. The van der Waals surface area contributed by atoms with Gasteiger partial charge in [-0.25, -0.2) is 0 Å². The molecule has 0 saturated carbocycles. The van der Waals surface area contributed by atoms with Crippen LogP contribution in [0.15, 0.2) is 97.1 Å². The Morgan fingerprint density at radius 1 is 0.857 bits per heavy atom. The van der Waals surface area contributed by atoms with Crippen LogP contribution in [0.25, 0.3) is 31.3 Å². The van der Waals surface area contributed by atoms with Crippen molar-refractivity contribution in [3.05, 3.63) is 108 Å². The average molecular weight is 481 g/mol. The van der Waals surface area contributed by atoms with Crippen molar-refractivity contribution >= 4 is 31.5 Å². The van der Waals surface area contributed by atoms with Gasteiger partial charge < -0.3 is 14.2 Å². The normalized spacial score (nSPS) is 20.8. The maximum atomic E-state index is 6.67. The van der Waals surface area contributed by atoms with Gasteiger partial charge in [0.05, 0.1) is 6.61 Å². The van der Waals surface area contributed by atoms with Crippen LogP contribution in [-0.4, -0.2) is 20.0 Å². The van der Waals surface area contributed by atoms with Crippen molar-refractivity contribution in [1.82, 2.24) is 0 Å². The maximum absolute atomic E-state index is 6.67. The van der Waals surface area contributed by atoms with Gasteiger partial charge in [0.25, 0.3) is 0 Å². The minimum atomic E-state index is -0.929. The Hall–Kier alpha value is -3.02. The van der Waals surface area contributed by atoms with Crippen LogP contribution in [0.3, 0.4) is 0 Å². The molecule has 0 aliphatic carbocycles. The van der Waals surface area contributed by atoms with Gasteiger partial charge in [-0.05, 0) is 35.2 Å². The van der Waals surface area contributed by atoms with Gasteiger partial charge in [-0.15, -0.1) is 11.3 Å². The first kappa shape index (κ1) is 22.4. The highest BCUT2D eigenvalue weighted by molar-refractivity contribution is 7.25. The summed E-state index contributed by atoms with van der Waals surface area (Å²) in [6, 6.07) is 34.2. The molecule has 0 spiro atoms. The molecule has 6 rings (SSSR count). The number of hydrogen-bond acceptors (Lipinski definition) is 4. The number of ether oxygens (including phenoxy) is 3. The molecule has 5 aromatic rings. The molecule has 1 aliphatic heterocycles. The molecule has 1 saturated heterocycles. The third kappa shape index (κ3) is 4.17. The second kappa shape index (κ2) is 9.56. The zero-order valence-corrected chi connectivity index (χ0v) is 20.6. The first-order valence-corrected chi connectivity index (χ1v) is 13.0. The van der Waals surface area contributed by atoms with Crippen LogP contribution in [0.2, 0.25) is 0 Å². The summed E-state index contributed by atoms with van der Waals surface area (Å²) in [5.41, 5.74) is 4.67. The predicted octanol–water partition coefficient (Wildman–Crippen LogP) is 7.92. The highest BCUT2D eigenvalue weighted by atomic mass is 32.1. The summed E-state index contributed by atoms with van der Waals surface area (Å²) in [5, 5.41) is 2.59. The van der Waals surface area contributed by atoms with Gasteiger partial charge in [0.2, 0.25) is 5.79 Å². The first-order chi connectivity index (χ1) is 17.3. The molecule has 4 heteroatoms. The molecule has 1 aliphatic rings. The van der Waals surface area contributed by atoms with Gasteiger partial charge in [-0.2, -0.15) is 0 Å². The van der Waals surface area contributed by atoms with E-state index in [9.17, 15) is 0 Å². The third-order valence-electron chi connectivity index (χ3n) is 6.83. The van der Waals surface area contributed by atoms with E-state index < -0.39 is 5.79 Å². The van der Waals surface area contributed by atoms with Crippen LogP contribution in [-0.2, 0) is 26.4 Å². The summed E-state index contributed by atoms with van der Waals surface area (Å²) in [6.07, 6.45) is 1.97. The molecule has 2 atom stereocenters.